The first kappa shape index (κ1) is 12.5. The highest BCUT2D eigenvalue weighted by Crippen LogP contribution is 2.21. The van der Waals surface area contributed by atoms with Crippen molar-refractivity contribution < 1.29 is 4.52 Å². The fraction of sp³-hybridized carbons (Fsp3) is 0.462. The number of aromatic amines is 1. The van der Waals surface area contributed by atoms with Crippen molar-refractivity contribution in [2.75, 3.05) is 6.54 Å². The van der Waals surface area contributed by atoms with Gasteiger partial charge in [-0.25, -0.2) is 4.98 Å². The summed E-state index contributed by atoms with van der Waals surface area (Å²) in [5.74, 6) is 0.911. The SMILES string of the molecule is Cc1noc(C)c1CN1CCc2[nH]c(=S)ncc2C1. The summed E-state index contributed by atoms with van der Waals surface area (Å²) in [6, 6.07) is 0. The van der Waals surface area contributed by atoms with Crippen LogP contribution in [0.4, 0.5) is 0 Å². The molecule has 2 aromatic heterocycles. The molecule has 0 aliphatic carbocycles. The lowest BCUT2D eigenvalue weighted by atomic mass is 10.1. The number of rotatable bonds is 2. The molecule has 0 unspecified atom stereocenters. The van der Waals surface area contributed by atoms with Crippen LogP contribution in [0.15, 0.2) is 10.7 Å². The number of hydrogen-bond acceptors (Lipinski definition) is 5. The van der Waals surface area contributed by atoms with E-state index in [2.05, 4.69) is 20.0 Å². The Morgan fingerprint density at radius 2 is 2.32 bits per heavy atom. The summed E-state index contributed by atoms with van der Waals surface area (Å²) in [7, 11) is 0. The van der Waals surface area contributed by atoms with Crippen molar-refractivity contribution in [3.63, 3.8) is 0 Å². The van der Waals surface area contributed by atoms with Gasteiger partial charge in [0.1, 0.15) is 5.76 Å². The largest absolute Gasteiger partial charge is 0.361 e. The van der Waals surface area contributed by atoms with Crippen LogP contribution in [0.5, 0.6) is 0 Å². The molecular formula is C13H16N4OS. The van der Waals surface area contributed by atoms with Gasteiger partial charge in [-0.05, 0) is 26.1 Å². The quantitative estimate of drug-likeness (QED) is 0.853. The van der Waals surface area contributed by atoms with E-state index in [9.17, 15) is 0 Å². The van der Waals surface area contributed by atoms with Crippen LogP contribution in [0.3, 0.4) is 0 Å². The molecule has 3 rings (SSSR count). The highest BCUT2D eigenvalue weighted by atomic mass is 32.1. The first-order chi connectivity index (χ1) is 9.13. The highest BCUT2D eigenvalue weighted by molar-refractivity contribution is 7.71. The minimum Gasteiger partial charge on any atom is -0.361 e. The van der Waals surface area contributed by atoms with Gasteiger partial charge in [0, 0.05) is 49.1 Å². The Morgan fingerprint density at radius 1 is 1.47 bits per heavy atom. The number of nitrogens with zero attached hydrogens (tertiary/aromatic N) is 3. The van der Waals surface area contributed by atoms with Gasteiger partial charge in [0.2, 0.25) is 0 Å². The van der Waals surface area contributed by atoms with E-state index in [1.165, 1.54) is 16.8 Å². The molecule has 0 saturated carbocycles. The molecule has 1 aliphatic heterocycles. The normalized spacial score (nSPS) is 15.5. The second-order valence-electron chi connectivity index (χ2n) is 4.96. The van der Waals surface area contributed by atoms with Crippen LogP contribution in [0.25, 0.3) is 0 Å². The average Bonchev–Trinajstić information content (AvgIpc) is 2.71. The number of nitrogens with one attached hydrogen (secondary N) is 1. The van der Waals surface area contributed by atoms with Crippen molar-refractivity contribution in [1.82, 2.24) is 20.0 Å². The van der Waals surface area contributed by atoms with E-state index in [0.29, 0.717) is 4.77 Å². The van der Waals surface area contributed by atoms with Crippen LogP contribution in [0.2, 0.25) is 0 Å². The third-order valence-corrected chi connectivity index (χ3v) is 3.83. The Labute approximate surface area is 116 Å². The topological polar surface area (TPSA) is 58.0 Å². The molecule has 0 radical (unpaired) electrons. The molecule has 0 atom stereocenters. The third-order valence-electron chi connectivity index (χ3n) is 3.62. The van der Waals surface area contributed by atoms with Crippen molar-refractivity contribution in [1.29, 1.82) is 0 Å². The fourth-order valence-corrected chi connectivity index (χ4v) is 2.67. The fourth-order valence-electron chi connectivity index (χ4n) is 2.49. The van der Waals surface area contributed by atoms with Crippen LogP contribution in [-0.2, 0) is 19.5 Å². The van der Waals surface area contributed by atoms with Crippen LogP contribution in [0.1, 0.15) is 28.3 Å². The molecule has 0 spiro atoms. The molecule has 0 fully saturated rings. The molecule has 19 heavy (non-hydrogen) atoms. The summed E-state index contributed by atoms with van der Waals surface area (Å²) in [6.45, 7) is 6.72. The number of H-pyrrole nitrogens is 1. The molecule has 0 bridgehead atoms. The molecule has 0 amide bonds. The summed E-state index contributed by atoms with van der Waals surface area (Å²) in [6.07, 6.45) is 2.86. The maximum Gasteiger partial charge on any atom is 0.196 e. The molecule has 0 aromatic carbocycles. The molecular weight excluding hydrogens is 260 g/mol. The molecule has 1 N–H and O–H groups in total. The number of aromatic nitrogens is 3. The maximum atomic E-state index is 5.21. The van der Waals surface area contributed by atoms with E-state index in [1.54, 1.807) is 0 Å². The van der Waals surface area contributed by atoms with Gasteiger partial charge in [0.15, 0.2) is 4.77 Å². The lowest BCUT2D eigenvalue weighted by Gasteiger charge is -2.27. The summed E-state index contributed by atoms with van der Waals surface area (Å²) in [4.78, 5) is 9.72. The first-order valence-corrected chi connectivity index (χ1v) is 6.75. The smallest absolute Gasteiger partial charge is 0.196 e. The Kier molecular flexibility index (Phi) is 3.20. The highest BCUT2D eigenvalue weighted by Gasteiger charge is 2.19. The van der Waals surface area contributed by atoms with E-state index >= 15 is 0 Å². The van der Waals surface area contributed by atoms with Gasteiger partial charge in [-0.15, -0.1) is 0 Å². The van der Waals surface area contributed by atoms with Gasteiger partial charge in [0.05, 0.1) is 5.69 Å². The van der Waals surface area contributed by atoms with Gasteiger partial charge >= 0.3 is 0 Å². The molecule has 3 heterocycles. The van der Waals surface area contributed by atoms with Crippen molar-refractivity contribution in [3.8, 4) is 0 Å². The zero-order valence-corrected chi connectivity index (χ0v) is 11.9. The molecule has 2 aromatic rings. The monoisotopic (exact) mass is 276 g/mol. The van der Waals surface area contributed by atoms with Gasteiger partial charge in [-0.2, -0.15) is 0 Å². The summed E-state index contributed by atoms with van der Waals surface area (Å²) in [5, 5.41) is 4.00. The second kappa shape index (κ2) is 4.86. The predicted molar refractivity (Wildman–Crippen MR) is 73.2 cm³/mol. The number of hydrogen-bond donors (Lipinski definition) is 1. The Bertz CT molecular complexity index is 641. The second-order valence-corrected chi connectivity index (χ2v) is 5.34. The zero-order chi connectivity index (χ0) is 13.4. The van der Waals surface area contributed by atoms with E-state index in [-0.39, 0.29) is 0 Å². The lowest BCUT2D eigenvalue weighted by molar-refractivity contribution is 0.241. The molecule has 100 valence electrons. The minimum atomic E-state index is 0.568. The standard InChI is InChI=1S/C13H16N4OS/c1-8-11(9(2)18-16-8)7-17-4-3-12-10(6-17)5-14-13(19)15-12/h5H,3-4,6-7H2,1-2H3,(H,14,15,19). The molecule has 1 aliphatic rings. The van der Waals surface area contributed by atoms with Gasteiger partial charge in [-0.3, -0.25) is 4.90 Å². The Morgan fingerprint density at radius 3 is 3.05 bits per heavy atom. The number of aryl methyl sites for hydroxylation is 2. The lowest BCUT2D eigenvalue weighted by Crippen LogP contribution is -2.31. The van der Waals surface area contributed by atoms with Crippen LogP contribution >= 0.6 is 12.2 Å². The zero-order valence-electron chi connectivity index (χ0n) is 11.1. The van der Waals surface area contributed by atoms with Gasteiger partial charge in [0.25, 0.3) is 0 Å². The van der Waals surface area contributed by atoms with Crippen LogP contribution in [0, 0.1) is 18.6 Å². The first-order valence-electron chi connectivity index (χ1n) is 6.34. The van der Waals surface area contributed by atoms with Crippen molar-refractivity contribution in [2.24, 2.45) is 0 Å². The van der Waals surface area contributed by atoms with Gasteiger partial charge in [-0.1, -0.05) is 5.16 Å². The van der Waals surface area contributed by atoms with E-state index in [1.807, 2.05) is 20.0 Å². The van der Waals surface area contributed by atoms with Crippen LogP contribution < -0.4 is 0 Å². The Balaban J connectivity index is 1.79. The van der Waals surface area contributed by atoms with E-state index in [4.69, 9.17) is 16.7 Å². The molecule has 6 heteroatoms. The number of fused-ring (bicyclic) bond motifs is 1. The van der Waals surface area contributed by atoms with Crippen molar-refractivity contribution >= 4 is 12.2 Å². The Hall–Kier alpha value is -1.53. The van der Waals surface area contributed by atoms with Crippen molar-refractivity contribution in [3.05, 3.63) is 39.2 Å². The summed E-state index contributed by atoms with van der Waals surface area (Å²) >= 11 is 5.05. The molecule has 0 saturated heterocycles. The summed E-state index contributed by atoms with van der Waals surface area (Å²) < 4.78 is 5.78. The maximum absolute atomic E-state index is 5.21. The van der Waals surface area contributed by atoms with E-state index < -0.39 is 0 Å². The minimum absolute atomic E-state index is 0.568. The van der Waals surface area contributed by atoms with Gasteiger partial charge < -0.3 is 9.51 Å². The van der Waals surface area contributed by atoms with Crippen molar-refractivity contribution in [2.45, 2.75) is 33.4 Å². The van der Waals surface area contributed by atoms with E-state index in [0.717, 1.165) is 37.5 Å². The van der Waals surface area contributed by atoms with Crippen LogP contribution in [-0.4, -0.2) is 26.6 Å². The summed E-state index contributed by atoms with van der Waals surface area (Å²) in [5.41, 5.74) is 4.62. The average molecular weight is 276 g/mol. The molecule has 5 nitrogen and oxygen atoms in total. The third kappa shape index (κ3) is 2.46. The predicted octanol–water partition coefficient (Wildman–Crippen LogP) is 2.30.